The fourth-order valence-corrected chi connectivity index (χ4v) is 1.91. The minimum absolute atomic E-state index is 0.250. The second kappa shape index (κ2) is 4.57. The lowest BCUT2D eigenvalue weighted by Crippen LogP contribution is -2.60. The molecule has 0 radical (unpaired) electrons. The van der Waals surface area contributed by atoms with Crippen LogP contribution in [0.5, 0.6) is 11.5 Å². The van der Waals surface area contributed by atoms with Crippen LogP contribution in [-0.4, -0.2) is 36.7 Å². The van der Waals surface area contributed by atoms with Gasteiger partial charge in [-0.2, -0.15) is 0 Å². The second-order valence-corrected chi connectivity index (χ2v) is 5.49. The van der Waals surface area contributed by atoms with Gasteiger partial charge in [0, 0.05) is 18.6 Å². The van der Waals surface area contributed by atoms with E-state index in [-0.39, 0.29) is 5.54 Å². The molecule has 1 aromatic rings. The van der Waals surface area contributed by atoms with Gasteiger partial charge in [0.25, 0.3) is 0 Å². The first-order valence-corrected chi connectivity index (χ1v) is 6.05. The van der Waals surface area contributed by atoms with E-state index in [1.807, 2.05) is 24.3 Å². The van der Waals surface area contributed by atoms with Gasteiger partial charge in [-0.3, -0.25) is 4.90 Å². The van der Waals surface area contributed by atoms with Crippen molar-refractivity contribution in [3.05, 3.63) is 24.3 Å². The molecule has 1 saturated heterocycles. The molecular formula is C14H21NO2. The van der Waals surface area contributed by atoms with Gasteiger partial charge >= 0.3 is 0 Å². The van der Waals surface area contributed by atoms with E-state index >= 15 is 0 Å². The Morgan fingerprint density at radius 2 is 1.59 bits per heavy atom. The summed E-state index contributed by atoms with van der Waals surface area (Å²) in [6.07, 6.45) is 0.322. The first kappa shape index (κ1) is 12.2. The summed E-state index contributed by atoms with van der Waals surface area (Å²) in [5, 5.41) is 0. The van der Waals surface area contributed by atoms with Crippen LogP contribution in [0.25, 0.3) is 0 Å². The van der Waals surface area contributed by atoms with E-state index in [2.05, 4.69) is 25.7 Å². The second-order valence-electron chi connectivity index (χ2n) is 5.49. The number of rotatable bonds is 3. The standard InChI is InChI=1S/C14H21NO2/c1-14(2,3)15-9-13(10-15)17-12-7-5-11(16-4)6-8-12/h5-8,13H,9-10H2,1-4H3. The number of ether oxygens (including phenoxy) is 2. The Morgan fingerprint density at radius 1 is 1.06 bits per heavy atom. The van der Waals surface area contributed by atoms with Gasteiger partial charge in [-0.25, -0.2) is 0 Å². The van der Waals surface area contributed by atoms with Gasteiger partial charge < -0.3 is 9.47 Å². The number of benzene rings is 1. The van der Waals surface area contributed by atoms with Gasteiger partial charge in [0.2, 0.25) is 0 Å². The van der Waals surface area contributed by atoms with Gasteiger partial charge in [-0.05, 0) is 45.0 Å². The summed E-state index contributed by atoms with van der Waals surface area (Å²) in [4.78, 5) is 2.42. The summed E-state index contributed by atoms with van der Waals surface area (Å²) >= 11 is 0. The highest BCUT2D eigenvalue weighted by Crippen LogP contribution is 2.25. The van der Waals surface area contributed by atoms with Crippen molar-refractivity contribution in [2.45, 2.75) is 32.4 Å². The van der Waals surface area contributed by atoms with Gasteiger partial charge in [0.15, 0.2) is 0 Å². The van der Waals surface area contributed by atoms with E-state index in [4.69, 9.17) is 9.47 Å². The number of likely N-dealkylation sites (tertiary alicyclic amines) is 1. The van der Waals surface area contributed by atoms with Crippen molar-refractivity contribution in [1.82, 2.24) is 4.90 Å². The van der Waals surface area contributed by atoms with Gasteiger partial charge in [0.05, 0.1) is 7.11 Å². The van der Waals surface area contributed by atoms with E-state index in [9.17, 15) is 0 Å². The number of hydrogen-bond acceptors (Lipinski definition) is 3. The lowest BCUT2D eigenvalue weighted by molar-refractivity contribution is -0.0350. The lowest BCUT2D eigenvalue weighted by atomic mass is 9.99. The molecule has 0 N–H and O–H groups in total. The summed E-state index contributed by atoms with van der Waals surface area (Å²) in [7, 11) is 1.67. The third kappa shape index (κ3) is 2.91. The molecule has 1 heterocycles. The molecule has 0 saturated carbocycles. The van der Waals surface area contributed by atoms with Crippen LogP contribution in [0.1, 0.15) is 20.8 Å². The smallest absolute Gasteiger partial charge is 0.124 e. The molecule has 0 aliphatic carbocycles. The quantitative estimate of drug-likeness (QED) is 0.803. The first-order chi connectivity index (χ1) is 7.99. The minimum atomic E-state index is 0.250. The van der Waals surface area contributed by atoms with E-state index in [1.165, 1.54) is 0 Å². The topological polar surface area (TPSA) is 21.7 Å². The van der Waals surface area contributed by atoms with Crippen LogP contribution >= 0.6 is 0 Å². The van der Waals surface area contributed by atoms with Crippen LogP contribution in [0.3, 0.4) is 0 Å². The van der Waals surface area contributed by atoms with Crippen molar-refractivity contribution in [3.8, 4) is 11.5 Å². The fourth-order valence-electron chi connectivity index (χ4n) is 1.91. The van der Waals surface area contributed by atoms with Crippen LogP contribution in [0.2, 0.25) is 0 Å². The molecule has 0 bridgehead atoms. The zero-order chi connectivity index (χ0) is 12.5. The number of methoxy groups -OCH3 is 1. The van der Waals surface area contributed by atoms with E-state index in [0.29, 0.717) is 6.10 Å². The SMILES string of the molecule is COc1ccc(OC2CN(C(C)(C)C)C2)cc1. The van der Waals surface area contributed by atoms with Crippen molar-refractivity contribution in [2.75, 3.05) is 20.2 Å². The highest BCUT2D eigenvalue weighted by atomic mass is 16.5. The average Bonchev–Trinajstić information content (AvgIpc) is 2.22. The average molecular weight is 235 g/mol. The van der Waals surface area contributed by atoms with E-state index in [0.717, 1.165) is 24.6 Å². The maximum absolute atomic E-state index is 5.88. The number of nitrogens with zero attached hydrogens (tertiary/aromatic N) is 1. The third-order valence-electron chi connectivity index (χ3n) is 3.16. The Labute approximate surface area is 103 Å². The highest BCUT2D eigenvalue weighted by molar-refractivity contribution is 5.31. The Morgan fingerprint density at radius 3 is 2.06 bits per heavy atom. The monoisotopic (exact) mass is 235 g/mol. The Kier molecular flexibility index (Phi) is 3.29. The molecule has 0 atom stereocenters. The zero-order valence-electron chi connectivity index (χ0n) is 11.1. The zero-order valence-corrected chi connectivity index (χ0v) is 11.1. The fraction of sp³-hybridized carbons (Fsp3) is 0.571. The molecule has 1 aliphatic heterocycles. The van der Waals surface area contributed by atoms with Crippen LogP contribution < -0.4 is 9.47 Å². The van der Waals surface area contributed by atoms with E-state index < -0.39 is 0 Å². The van der Waals surface area contributed by atoms with E-state index in [1.54, 1.807) is 7.11 Å². The molecule has 17 heavy (non-hydrogen) atoms. The van der Waals surface area contributed by atoms with Crippen LogP contribution in [-0.2, 0) is 0 Å². The molecule has 0 unspecified atom stereocenters. The molecule has 1 fully saturated rings. The molecule has 3 heteroatoms. The normalized spacial score (nSPS) is 17.6. The van der Waals surface area contributed by atoms with Crippen LogP contribution in [0.4, 0.5) is 0 Å². The van der Waals surface area contributed by atoms with Crippen molar-refractivity contribution in [2.24, 2.45) is 0 Å². The summed E-state index contributed by atoms with van der Waals surface area (Å²) < 4.78 is 11.0. The molecule has 0 aromatic heterocycles. The molecule has 1 aromatic carbocycles. The maximum atomic E-state index is 5.88. The first-order valence-electron chi connectivity index (χ1n) is 6.05. The predicted molar refractivity (Wildman–Crippen MR) is 68.7 cm³/mol. The van der Waals surface area contributed by atoms with Gasteiger partial charge in [-0.15, -0.1) is 0 Å². The highest BCUT2D eigenvalue weighted by Gasteiger charge is 2.35. The molecule has 3 nitrogen and oxygen atoms in total. The summed E-state index contributed by atoms with van der Waals surface area (Å²) in [5.41, 5.74) is 0.250. The van der Waals surface area contributed by atoms with Crippen molar-refractivity contribution in [3.63, 3.8) is 0 Å². The Hall–Kier alpha value is -1.22. The molecular weight excluding hydrogens is 214 g/mol. The lowest BCUT2D eigenvalue weighted by Gasteiger charge is -2.47. The van der Waals surface area contributed by atoms with Gasteiger partial charge in [-0.1, -0.05) is 0 Å². The Bertz CT molecular complexity index is 361. The van der Waals surface area contributed by atoms with Crippen LogP contribution in [0, 0.1) is 0 Å². The molecule has 0 amide bonds. The molecule has 94 valence electrons. The van der Waals surface area contributed by atoms with Gasteiger partial charge in [0.1, 0.15) is 17.6 Å². The summed E-state index contributed by atoms with van der Waals surface area (Å²) in [6.45, 7) is 8.72. The molecule has 1 aliphatic rings. The van der Waals surface area contributed by atoms with Crippen LogP contribution in [0.15, 0.2) is 24.3 Å². The number of hydrogen-bond donors (Lipinski definition) is 0. The van der Waals surface area contributed by atoms with Crippen molar-refractivity contribution in [1.29, 1.82) is 0 Å². The third-order valence-corrected chi connectivity index (χ3v) is 3.16. The van der Waals surface area contributed by atoms with Crippen molar-refractivity contribution >= 4 is 0 Å². The molecule has 2 rings (SSSR count). The predicted octanol–water partition coefficient (Wildman–Crippen LogP) is 2.56. The summed E-state index contributed by atoms with van der Waals surface area (Å²) in [5.74, 6) is 1.78. The summed E-state index contributed by atoms with van der Waals surface area (Å²) in [6, 6.07) is 7.77. The maximum Gasteiger partial charge on any atom is 0.124 e. The molecule has 0 spiro atoms. The Balaban J connectivity index is 1.83. The van der Waals surface area contributed by atoms with Crippen molar-refractivity contribution < 1.29 is 9.47 Å². The largest absolute Gasteiger partial charge is 0.497 e. The minimum Gasteiger partial charge on any atom is -0.497 e.